The lowest BCUT2D eigenvalue weighted by molar-refractivity contribution is 0.397. The summed E-state index contributed by atoms with van der Waals surface area (Å²) in [5, 5.41) is 20.5. The molecular formula is C32H22N4. The van der Waals surface area contributed by atoms with E-state index in [2.05, 4.69) is 71.6 Å². The van der Waals surface area contributed by atoms with E-state index in [-0.39, 0.29) is 11.5 Å². The van der Waals surface area contributed by atoms with Crippen LogP contribution in [0.25, 0.3) is 11.3 Å². The molecule has 0 unspecified atom stereocenters. The van der Waals surface area contributed by atoms with Gasteiger partial charge in [0.05, 0.1) is 11.0 Å². The molecule has 2 aliphatic heterocycles. The molecule has 2 atom stereocenters. The van der Waals surface area contributed by atoms with Crippen molar-refractivity contribution in [1.29, 1.82) is 10.5 Å². The smallest absolute Gasteiger partial charge is 0.163 e. The van der Waals surface area contributed by atoms with Gasteiger partial charge in [-0.25, -0.2) is 0 Å². The molecule has 0 aromatic heterocycles. The van der Waals surface area contributed by atoms with Crippen molar-refractivity contribution in [1.82, 2.24) is 0 Å². The molecule has 4 heteroatoms. The summed E-state index contributed by atoms with van der Waals surface area (Å²) in [5.74, 6) is 0.149. The minimum Gasteiger partial charge on any atom is -0.310 e. The number of fused-ring (bicyclic) bond motifs is 3. The molecule has 0 saturated heterocycles. The summed E-state index contributed by atoms with van der Waals surface area (Å²) in [5.41, 5.74) is 4.85. The fourth-order valence-corrected chi connectivity index (χ4v) is 5.42. The number of rotatable bonds is 3. The highest BCUT2D eigenvalue weighted by molar-refractivity contribution is 5.85. The lowest BCUT2D eigenvalue weighted by Crippen LogP contribution is -2.45. The zero-order chi connectivity index (χ0) is 24.5. The van der Waals surface area contributed by atoms with E-state index < -0.39 is 5.66 Å². The molecule has 4 aromatic carbocycles. The van der Waals surface area contributed by atoms with E-state index in [1.165, 1.54) is 5.56 Å². The maximum atomic E-state index is 9.52. The minimum absolute atomic E-state index is 0.0967. The number of nitriles is 2. The van der Waals surface area contributed by atoms with Gasteiger partial charge in [-0.05, 0) is 23.3 Å². The van der Waals surface area contributed by atoms with Crippen LogP contribution in [0.1, 0.15) is 29.0 Å². The molecule has 0 bridgehead atoms. The summed E-state index contributed by atoms with van der Waals surface area (Å²) in [7, 11) is 0. The van der Waals surface area contributed by atoms with E-state index in [4.69, 9.17) is 4.99 Å². The number of anilines is 1. The SMILES string of the molecule is N#CC(C#N)=c1ccc2c(c1)N1C(c3ccccc3)=C[C@H](c3ccccc3)C[C@]1(c1ccccc1)N=2. The van der Waals surface area contributed by atoms with Gasteiger partial charge in [0.25, 0.3) is 0 Å². The average molecular weight is 463 g/mol. The molecule has 0 radical (unpaired) electrons. The Hall–Kier alpha value is -4.93. The molecule has 4 nitrogen and oxygen atoms in total. The molecule has 0 N–H and O–H groups in total. The standard InChI is InChI=1S/C32H22N4/c33-21-27(22-34)25-16-17-29-31(18-25)36-30(24-12-6-2-7-13-24)19-26(23-10-4-1-5-11-23)20-32(36,35-29)28-14-8-3-9-15-28/h1-19,26H,20H2/t26-,32-/m0/s1. The highest BCUT2D eigenvalue weighted by Gasteiger charge is 2.48. The van der Waals surface area contributed by atoms with Gasteiger partial charge in [-0.15, -0.1) is 0 Å². The second kappa shape index (κ2) is 8.69. The maximum absolute atomic E-state index is 9.52. The van der Waals surface area contributed by atoms with Crippen LogP contribution in [0.2, 0.25) is 0 Å². The predicted octanol–water partition coefficient (Wildman–Crippen LogP) is 5.41. The molecule has 0 saturated carbocycles. The molecular weight excluding hydrogens is 440 g/mol. The van der Waals surface area contributed by atoms with Crippen LogP contribution in [0.15, 0.2) is 120 Å². The molecule has 6 rings (SSSR count). The normalized spacial score (nSPS) is 19.7. The molecule has 2 aliphatic rings. The van der Waals surface area contributed by atoms with E-state index in [0.29, 0.717) is 5.22 Å². The lowest BCUT2D eigenvalue weighted by Gasteiger charge is -2.45. The molecule has 170 valence electrons. The number of benzene rings is 4. The third-order valence-electron chi connectivity index (χ3n) is 7.04. The molecule has 36 heavy (non-hydrogen) atoms. The van der Waals surface area contributed by atoms with Gasteiger partial charge < -0.3 is 4.90 Å². The van der Waals surface area contributed by atoms with E-state index in [1.807, 2.05) is 60.7 Å². The Morgan fingerprint density at radius 3 is 2.11 bits per heavy atom. The van der Waals surface area contributed by atoms with Crippen molar-refractivity contribution >= 4 is 17.0 Å². The first-order valence-electron chi connectivity index (χ1n) is 12.0. The second-order valence-electron chi connectivity index (χ2n) is 9.07. The summed E-state index contributed by atoms with van der Waals surface area (Å²) in [6.45, 7) is 0. The Kier molecular flexibility index (Phi) is 5.21. The number of hydrogen-bond donors (Lipinski definition) is 0. The average Bonchev–Trinajstić information content (AvgIpc) is 3.30. The fourth-order valence-electron chi connectivity index (χ4n) is 5.42. The summed E-state index contributed by atoms with van der Waals surface area (Å²) >= 11 is 0. The van der Waals surface area contributed by atoms with E-state index in [9.17, 15) is 10.5 Å². The predicted molar refractivity (Wildman–Crippen MR) is 141 cm³/mol. The van der Waals surface area contributed by atoms with Crippen LogP contribution in [-0.2, 0) is 5.66 Å². The Bertz CT molecular complexity index is 1660. The van der Waals surface area contributed by atoms with Gasteiger partial charge in [-0.2, -0.15) is 10.5 Å². The van der Waals surface area contributed by atoms with Crippen molar-refractivity contribution < 1.29 is 0 Å². The summed E-state index contributed by atoms with van der Waals surface area (Å²) < 4.78 is 0. The van der Waals surface area contributed by atoms with Crippen molar-refractivity contribution in [2.75, 3.05) is 4.90 Å². The molecule has 0 fully saturated rings. The van der Waals surface area contributed by atoms with Crippen LogP contribution in [0.4, 0.5) is 5.69 Å². The van der Waals surface area contributed by atoms with Crippen LogP contribution < -0.4 is 15.5 Å². The van der Waals surface area contributed by atoms with Crippen molar-refractivity contribution in [3.05, 3.63) is 143 Å². The first-order chi connectivity index (χ1) is 17.7. The zero-order valence-electron chi connectivity index (χ0n) is 19.5. The van der Waals surface area contributed by atoms with E-state index in [1.54, 1.807) is 0 Å². The summed E-state index contributed by atoms with van der Waals surface area (Å²) in [6.07, 6.45) is 3.09. The highest BCUT2D eigenvalue weighted by atomic mass is 15.3. The van der Waals surface area contributed by atoms with Crippen molar-refractivity contribution in [3.8, 4) is 12.1 Å². The van der Waals surface area contributed by atoms with Crippen LogP contribution >= 0.6 is 0 Å². The van der Waals surface area contributed by atoms with Gasteiger partial charge in [0.1, 0.15) is 17.7 Å². The maximum Gasteiger partial charge on any atom is 0.163 e. The van der Waals surface area contributed by atoms with Gasteiger partial charge in [0, 0.05) is 28.8 Å². The fraction of sp³-hybridized carbons (Fsp3) is 0.0938. The summed E-state index contributed by atoms with van der Waals surface area (Å²) in [6, 6.07) is 41.1. The molecule has 4 aromatic rings. The monoisotopic (exact) mass is 462 g/mol. The zero-order valence-corrected chi connectivity index (χ0v) is 19.5. The van der Waals surface area contributed by atoms with Gasteiger partial charge in [-0.3, -0.25) is 4.99 Å². The molecule has 2 heterocycles. The highest BCUT2D eigenvalue weighted by Crippen LogP contribution is 2.51. The van der Waals surface area contributed by atoms with Gasteiger partial charge >= 0.3 is 0 Å². The van der Waals surface area contributed by atoms with E-state index in [0.717, 1.165) is 34.3 Å². The first-order valence-corrected chi connectivity index (χ1v) is 12.0. The van der Waals surface area contributed by atoms with Crippen molar-refractivity contribution in [2.24, 2.45) is 4.99 Å². The van der Waals surface area contributed by atoms with Crippen LogP contribution in [0, 0.1) is 22.7 Å². The topological polar surface area (TPSA) is 63.2 Å². The largest absolute Gasteiger partial charge is 0.310 e. The van der Waals surface area contributed by atoms with Gasteiger partial charge in [-0.1, -0.05) is 103 Å². The number of hydrogen-bond acceptors (Lipinski definition) is 4. The quantitative estimate of drug-likeness (QED) is 0.409. The lowest BCUT2D eigenvalue weighted by atomic mass is 9.79. The Balaban J connectivity index is 1.68. The minimum atomic E-state index is -0.665. The Morgan fingerprint density at radius 1 is 0.806 bits per heavy atom. The number of nitrogens with zero attached hydrogens (tertiary/aromatic N) is 4. The second-order valence-corrected chi connectivity index (χ2v) is 9.07. The van der Waals surface area contributed by atoms with Crippen molar-refractivity contribution in [3.63, 3.8) is 0 Å². The Labute approximate surface area is 210 Å². The molecule has 0 spiro atoms. The number of allylic oxidation sites excluding steroid dienone is 1. The van der Waals surface area contributed by atoms with Crippen LogP contribution in [-0.4, -0.2) is 0 Å². The first kappa shape index (κ1) is 21.6. The van der Waals surface area contributed by atoms with Crippen LogP contribution in [0.5, 0.6) is 0 Å². The van der Waals surface area contributed by atoms with E-state index >= 15 is 0 Å². The molecule has 0 amide bonds. The van der Waals surface area contributed by atoms with Gasteiger partial charge in [0.2, 0.25) is 0 Å². The third kappa shape index (κ3) is 3.40. The third-order valence-corrected chi connectivity index (χ3v) is 7.04. The molecule has 0 aliphatic carbocycles. The summed E-state index contributed by atoms with van der Waals surface area (Å²) in [4.78, 5) is 7.70. The van der Waals surface area contributed by atoms with Crippen molar-refractivity contribution in [2.45, 2.75) is 18.0 Å². The Morgan fingerprint density at radius 2 is 1.44 bits per heavy atom. The van der Waals surface area contributed by atoms with Crippen LogP contribution in [0.3, 0.4) is 0 Å². The van der Waals surface area contributed by atoms with Gasteiger partial charge in [0.15, 0.2) is 5.66 Å².